The van der Waals surface area contributed by atoms with Crippen molar-refractivity contribution in [1.82, 2.24) is 15.2 Å². The van der Waals surface area contributed by atoms with Crippen molar-refractivity contribution in [2.75, 3.05) is 13.1 Å². The van der Waals surface area contributed by atoms with Crippen LogP contribution in [0.1, 0.15) is 31.5 Å². The molecule has 1 aromatic carbocycles. The van der Waals surface area contributed by atoms with Crippen molar-refractivity contribution in [2.24, 2.45) is 0 Å². The first-order chi connectivity index (χ1) is 10.2. The Morgan fingerprint density at radius 3 is 2.86 bits per heavy atom. The van der Waals surface area contributed by atoms with E-state index < -0.39 is 0 Å². The van der Waals surface area contributed by atoms with Gasteiger partial charge in [-0.2, -0.15) is 0 Å². The van der Waals surface area contributed by atoms with Gasteiger partial charge in [-0.15, -0.1) is 11.3 Å². The molecule has 1 N–H and O–H groups in total. The van der Waals surface area contributed by atoms with Gasteiger partial charge in [0.15, 0.2) is 0 Å². The van der Waals surface area contributed by atoms with Crippen molar-refractivity contribution in [3.8, 4) is 0 Å². The lowest BCUT2D eigenvalue weighted by molar-refractivity contribution is 0.0754. The molecule has 1 aromatic heterocycles. The smallest absolute Gasteiger partial charge is 0.0795 e. The first kappa shape index (κ1) is 14.7. The van der Waals surface area contributed by atoms with Crippen molar-refractivity contribution in [3.05, 3.63) is 52.5 Å². The van der Waals surface area contributed by atoms with E-state index in [2.05, 4.69) is 64.8 Å². The maximum absolute atomic E-state index is 4.46. The third-order valence-corrected chi connectivity index (χ3v) is 5.13. The molecule has 0 aliphatic carbocycles. The highest BCUT2D eigenvalue weighted by molar-refractivity contribution is 7.07. The molecule has 2 heterocycles. The van der Waals surface area contributed by atoms with E-state index in [4.69, 9.17) is 0 Å². The molecular weight excluding hydrogens is 278 g/mol. The van der Waals surface area contributed by atoms with Crippen LogP contribution in [0.5, 0.6) is 0 Å². The monoisotopic (exact) mass is 301 g/mol. The van der Waals surface area contributed by atoms with Crippen LogP contribution in [0.2, 0.25) is 0 Å². The van der Waals surface area contributed by atoms with Crippen LogP contribution >= 0.6 is 11.3 Å². The maximum atomic E-state index is 4.46. The molecule has 4 heteroatoms. The second kappa shape index (κ2) is 6.26. The molecule has 1 fully saturated rings. The Kier molecular flexibility index (Phi) is 4.38. The summed E-state index contributed by atoms with van der Waals surface area (Å²) in [6.07, 6.45) is 1.17. The van der Waals surface area contributed by atoms with Crippen molar-refractivity contribution in [2.45, 2.75) is 38.4 Å². The molecule has 2 atom stereocenters. The molecule has 0 spiro atoms. The number of rotatable bonds is 4. The minimum atomic E-state index is 0.0168. The van der Waals surface area contributed by atoms with Crippen LogP contribution in [0.4, 0.5) is 0 Å². The van der Waals surface area contributed by atoms with Gasteiger partial charge in [0.25, 0.3) is 0 Å². The summed E-state index contributed by atoms with van der Waals surface area (Å²) in [4.78, 5) is 7.04. The van der Waals surface area contributed by atoms with Crippen LogP contribution in [-0.4, -0.2) is 29.0 Å². The molecule has 3 nitrogen and oxygen atoms in total. The van der Waals surface area contributed by atoms with Gasteiger partial charge >= 0.3 is 0 Å². The van der Waals surface area contributed by atoms with Gasteiger partial charge in [0.05, 0.1) is 16.7 Å². The molecular formula is C17H23N3S. The highest BCUT2D eigenvalue weighted by Crippen LogP contribution is 2.28. The van der Waals surface area contributed by atoms with Crippen molar-refractivity contribution in [1.29, 1.82) is 0 Å². The predicted octanol–water partition coefficient (Wildman–Crippen LogP) is 3.24. The van der Waals surface area contributed by atoms with Crippen LogP contribution < -0.4 is 5.32 Å². The Labute approximate surface area is 131 Å². The van der Waals surface area contributed by atoms with Crippen molar-refractivity contribution < 1.29 is 0 Å². The molecule has 0 radical (unpaired) electrons. The SMILES string of the molecule is CCC1CNC(C)(c2ccccc2)CN1Cc1cscn1. The van der Waals surface area contributed by atoms with Gasteiger partial charge in [-0.3, -0.25) is 4.90 Å². The fraction of sp³-hybridized carbons (Fsp3) is 0.471. The van der Waals surface area contributed by atoms with Gasteiger partial charge in [-0.05, 0) is 18.9 Å². The highest BCUT2D eigenvalue weighted by atomic mass is 32.1. The first-order valence-electron chi connectivity index (χ1n) is 7.63. The molecule has 2 unspecified atom stereocenters. The summed E-state index contributed by atoms with van der Waals surface area (Å²) in [6.45, 7) is 7.58. The maximum Gasteiger partial charge on any atom is 0.0795 e. The second-order valence-corrected chi connectivity index (χ2v) is 6.74. The molecule has 0 amide bonds. The molecule has 112 valence electrons. The lowest BCUT2D eigenvalue weighted by Crippen LogP contribution is -2.60. The molecule has 1 aliphatic heterocycles. The molecule has 1 aliphatic rings. The van der Waals surface area contributed by atoms with E-state index in [9.17, 15) is 0 Å². The predicted molar refractivity (Wildman–Crippen MR) is 88.4 cm³/mol. The zero-order valence-electron chi connectivity index (χ0n) is 12.7. The van der Waals surface area contributed by atoms with E-state index in [0.717, 1.165) is 19.6 Å². The minimum absolute atomic E-state index is 0.0168. The molecule has 3 rings (SSSR count). The Bertz CT molecular complexity index is 555. The molecule has 0 saturated carbocycles. The van der Waals surface area contributed by atoms with E-state index >= 15 is 0 Å². The summed E-state index contributed by atoms with van der Waals surface area (Å²) in [5.74, 6) is 0. The Morgan fingerprint density at radius 2 is 2.19 bits per heavy atom. The number of thiazole rings is 1. The average Bonchev–Trinajstić information content (AvgIpc) is 3.01. The van der Waals surface area contributed by atoms with Gasteiger partial charge in [0, 0.05) is 31.1 Å². The number of hydrogen-bond donors (Lipinski definition) is 1. The standard InChI is InChI=1S/C17H23N3S/c1-3-16-9-19-17(2,14-7-5-4-6-8-14)12-20(16)10-15-11-21-13-18-15/h4-8,11,13,16,19H,3,9-10,12H2,1-2H3. The van der Waals surface area contributed by atoms with Crippen molar-refractivity contribution in [3.63, 3.8) is 0 Å². The van der Waals surface area contributed by atoms with Gasteiger partial charge in [0.2, 0.25) is 0 Å². The fourth-order valence-electron chi connectivity index (χ4n) is 3.17. The van der Waals surface area contributed by atoms with E-state index in [1.54, 1.807) is 11.3 Å². The number of benzene rings is 1. The van der Waals surface area contributed by atoms with Gasteiger partial charge < -0.3 is 5.32 Å². The summed E-state index contributed by atoms with van der Waals surface area (Å²) in [5, 5.41) is 5.92. The lowest BCUT2D eigenvalue weighted by Gasteiger charge is -2.46. The van der Waals surface area contributed by atoms with Crippen LogP contribution in [0, 0.1) is 0 Å². The first-order valence-corrected chi connectivity index (χ1v) is 8.57. The normalized spacial score (nSPS) is 26.9. The third kappa shape index (κ3) is 3.18. The van der Waals surface area contributed by atoms with Gasteiger partial charge in [0.1, 0.15) is 0 Å². The minimum Gasteiger partial charge on any atom is -0.305 e. The van der Waals surface area contributed by atoms with E-state index in [1.807, 2.05) is 5.51 Å². The Morgan fingerprint density at radius 1 is 1.38 bits per heavy atom. The number of piperazine rings is 1. The zero-order valence-corrected chi connectivity index (χ0v) is 13.6. The van der Waals surface area contributed by atoms with Gasteiger partial charge in [-0.25, -0.2) is 4.98 Å². The second-order valence-electron chi connectivity index (χ2n) is 6.03. The molecule has 1 saturated heterocycles. The number of hydrogen-bond acceptors (Lipinski definition) is 4. The third-order valence-electron chi connectivity index (χ3n) is 4.49. The summed E-state index contributed by atoms with van der Waals surface area (Å²) in [5.41, 5.74) is 4.50. The van der Waals surface area contributed by atoms with Crippen LogP contribution in [0.25, 0.3) is 0 Å². The van der Waals surface area contributed by atoms with E-state index in [1.165, 1.54) is 17.7 Å². The van der Waals surface area contributed by atoms with Crippen LogP contribution in [0.3, 0.4) is 0 Å². The topological polar surface area (TPSA) is 28.2 Å². The highest BCUT2D eigenvalue weighted by Gasteiger charge is 2.36. The van der Waals surface area contributed by atoms with E-state index in [0.29, 0.717) is 6.04 Å². The quantitative estimate of drug-likeness (QED) is 0.939. The molecule has 0 bridgehead atoms. The lowest BCUT2D eigenvalue weighted by atomic mass is 9.87. The Balaban J connectivity index is 1.80. The summed E-state index contributed by atoms with van der Waals surface area (Å²) in [6, 6.07) is 11.4. The largest absolute Gasteiger partial charge is 0.305 e. The summed E-state index contributed by atoms with van der Waals surface area (Å²) in [7, 11) is 0. The zero-order chi connectivity index (χ0) is 14.7. The van der Waals surface area contributed by atoms with Gasteiger partial charge in [-0.1, -0.05) is 37.3 Å². The van der Waals surface area contributed by atoms with Crippen LogP contribution in [-0.2, 0) is 12.1 Å². The summed E-state index contributed by atoms with van der Waals surface area (Å²) < 4.78 is 0. The summed E-state index contributed by atoms with van der Waals surface area (Å²) >= 11 is 1.68. The fourth-order valence-corrected chi connectivity index (χ4v) is 3.72. The number of nitrogens with one attached hydrogen (secondary N) is 1. The number of aromatic nitrogens is 1. The number of nitrogens with zero attached hydrogens (tertiary/aromatic N) is 2. The van der Waals surface area contributed by atoms with Crippen LogP contribution in [0.15, 0.2) is 41.2 Å². The van der Waals surface area contributed by atoms with E-state index in [-0.39, 0.29) is 5.54 Å². The molecule has 21 heavy (non-hydrogen) atoms. The van der Waals surface area contributed by atoms with Crippen molar-refractivity contribution >= 4 is 11.3 Å². The Hall–Kier alpha value is -1.23. The average molecular weight is 301 g/mol. The molecule has 2 aromatic rings.